The fraction of sp³-hybridized carbons (Fsp3) is 0.250. The van der Waals surface area contributed by atoms with Gasteiger partial charge < -0.3 is 20.2 Å². The number of nitrogens with zero attached hydrogens (tertiary/aromatic N) is 5. The number of fused-ring (bicyclic) bond motifs is 1. The van der Waals surface area contributed by atoms with Crippen molar-refractivity contribution in [1.29, 1.82) is 0 Å². The van der Waals surface area contributed by atoms with Crippen LogP contribution in [0, 0.1) is 5.82 Å². The maximum atomic E-state index is 14.3. The van der Waals surface area contributed by atoms with Crippen molar-refractivity contribution in [2.75, 3.05) is 11.9 Å². The van der Waals surface area contributed by atoms with Crippen molar-refractivity contribution in [2.45, 2.75) is 19.4 Å². The van der Waals surface area contributed by atoms with Crippen LogP contribution in [0.1, 0.15) is 16.9 Å². The molecule has 4 heterocycles. The van der Waals surface area contributed by atoms with Gasteiger partial charge in [-0.15, -0.1) is 0 Å². The van der Waals surface area contributed by atoms with Gasteiger partial charge in [0.2, 0.25) is 5.91 Å². The first-order chi connectivity index (χ1) is 14.9. The molecule has 1 atom stereocenters. The second-order valence-corrected chi connectivity index (χ2v) is 7.52. The number of carbonyl (C=O) groups is 1. The van der Waals surface area contributed by atoms with Crippen LogP contribution in [-0.4, -0.2) is 48.0 Å². The predicted octanol–water partition coefficient (Wildman–Crippen LogP) is 3.44. The number of amides is 1. The van der Waals surface area contributed by atoms with E-state index in [1.54, 1.807) is 25.5 Å². The maximum Gasteiger partial charge on any atom is 0.242 e. The molecule has 0 aliphatic carbocycles. The number of aromatic nitrogens is 6. The van der Waals surface area contributed by atoms with Gasteiger partial charge in [0, 0.05) is 53.8 Å². The van der Waals surface area contributed by atoms with Crippen molar-refractivity contribution in [3.8, 4) is 11.4 Å². The molecule has 1 amide bonds. The molecule has 4 aromatic heterocycles. The molecule has 0 saturated carbocycles. The molecule has 0 radical (unpaired) electrons. The van der Waals surface area contributed by atoms with Crippen molar-refractivity contribution in [3.05, 3.63) is 53.7 Å². The van der Waals surface area contributed by atoms with Crippen LogP contribution >= 0.6 is 11.6 Å². The lowest BCUT2D eigenvalue weighted by Crippen LogP contribution is -2.39. The van der Waals surface area contributed by atoms with E-state index in [0.717, 1.165) is 11.9 Å². The Balaban J connectivity index is 0.00000193. The minimum Gasteiger partial charge on any atom is -0.356 e. The Hall–Kier alpha value is -3.53. The largest absolute Gasteiger partial charge is 0.356 e. The van der Waals surface area contributed by atoms with Crippen LogP contribution in [0.15, 0.2) is 37.2 Å². The number of pyridine rings is 1. The van der Waals surface area contributed by atoms with Gasteiger partial charge in [0.05, 0.1) is 23.2 Å². The minimum atomic E-state index is -0.708. The molecule has 0 bridgehead atoms. The van der Waals surface area contributed by atoms with Gasteiger partial charge in [0.1, 0.15) is 11.7 Å². The minimum absolute atomic E-state index is 0. The van der Waals surface area contributed by atoms with Crippen LogP contribution < -0.4 is 10.6 Å². The Kier molecular flexibility index (Phi) is 5.81. The summed E-state index contributed by atoms with van der Waals surface area (Å²) < 4.78 is 16.2. The number of aromatic amines is 1. The van der Waals surface area contributed by atoms with E-state index in [-0.39, 0.29) is 21.8 Å². The Morgan fingerprint density at radius 3 is 2.97 bits per heavy atom. The number of nitrogens with one attached hydrogen (secondary N) is 3. The first-order valence-electron chi connectivity index (χ1n) is 9.57. The van der Waals surface area contributed by atoms with Gasteiger partial charge in [-0.1, -0.05) is 11.6 Å². The number of rotatable bonds is 7. The predicted molar refractivity (Wildman–Crippen MR) is 121 cm³/mol. The van der Waals surface area contributed by atoms with E-state index in [0.29, 0.717) is 34.6 Å². The molecule has 0 aliphatic rings. The summed E-state index contributed by atoms with van der Waals surface area (Å²) >= 11 is 6.04. The van der Waals surface area contributed by atoms with Gasteiger partial charge in [0.25, 0.3) is 0 Å². The Labute approximate surface area is 186 Å². The number of H-pyrrole nitrogens is 1. The summed E-state index contributed by atoms with van der Waals surface area (Å²) in [4.78, 5) is 32.1. The third kappa shape index (κ3) is 4.64. The van der Waals surface area contributed by atoms with Gasteiger partial charge in [-0.2, -0.15) is 0 Å². The van der Waals surface area contributed by atoms with E-state index >= 15 is 0 Å². The van der Waals surface area contributed by atoms with Crippen LogP contribution in [0.5, 0.6) is 0 Å². The van der Waals surface area contributed by atoms with Crippen LogP contribution in [0.25, 0.3) is 22.4 Å². The van der Waals surface area contributed by atoms with Crippen molar-refractivity contribution in [1.82, 2.24) is 34.8 Å². The molecule has 0 aromatic carbocycles. The molecular formula is C20H26ClFN8O. The highest BCUT2D eigenvalue weighted by molar-refractivity contribution is 6.31. The summed E-state index contributed by atoms with van der Waals surface area (Å²) in [5, 5.41) is 6.80. The number of halogens is 2. The molecule has 0 unspecified atom stereocenters. The number of aryl methyl sites for hydroxylation is 1. The van der Waals surface area contributed by atoms with E-state index in [4.69, 9.17) is 11.6 Å². The van der Waals surface area contributed by atoms with E-state index < -0.39 is 11.9 Å². The summed E-state index contributed by atoms with van der Waals surface area (Å²) in [5.74, 6) is -0.727. The number of carbonyl (C=O) groups excluding carboxylic acids is 1. The lowest BCUT2D eigenvalue weighted by Gasteiger charge is -2.15. The molecule has 31 heavy (non-hydrogen) atoms. The fourth-order valence-corrected chi connectivity index (χ4v) is 3.25. The number of hydrogen-bond acceptors (Lipinski definition) is 6. The van der Waals surface area contributed by atoms with Gasteiger partial charge in [-0.05, 0) is 13.0 Å². The second kappa shape index (κ2) is 8.68. The van der Waals surface area contributed by atoms with Gasteiger partial charge in [-0.25, -0.2) is 24.3 Å². The maximum absolute atomic E-state index is 14.3. The highest BCUT2D eigenvalue weighted by Crippen LogP contribution is 2.28. The average molecular weight is 449 g/mol. The van der Waals surface area contributed by atoms with Gasteiger partial charge >= 0.3 is 0 Å². The van der Waals surface area contributed by atoms with E-state index in [2.05, 4.69) is 35.6 Å². The van der Waals surface area contributed by atoms with E-state index in [1.165, 1.54) is 6.20 Å². The average Bonchev–Trinajstić information content (AvgIpc) is 3.35. The molecule has 0 spiro atoms. The molecule has 4 aromatic rings. The van der Waals surface area contributed by atoms with Crippen LogP contribution in [-0.2, 0) is 18.3 Å². The van der Waals surface area contributed by atoms with Crippen molar-refractivity contribution in [2.24, 2.45) is 7.05 Å². The fourth-order valence-electron chi connectivity index (χ4n) is 3.09. The molecule has 11 heteroatoms. The summed E-state index contributed by atoms with van der Waals surface area (Å²) in [6.45, 7) is 2.05. The van der Waals surface area contributed by atoms with Gasteiger partial charge in [0.15, 0.2) is 17.5 Å². The van der Waals surface area contributed by atoms with Crippen LogP contribution in [0.2, 0.25) is 5.02 Å². The lowest BCUT2D eigenvalue weighted by atomic mass is 10.2. The highest BCUT2D eigenvalue weighted by Gasteiger charge is 2.18. The molecule has 3 N–H and O–H groups in total. The topological polar surface area (TPSA) is 113 Å². The first-order valence-corrected chi connectivity index (χ1v) is 9.95. The Bertz CT molecular complexity index is 1250. The molecule has 4 rings (SSSR count). The monoisotopic (exact) mass is 448 g/mol. The van der Waals surface area contributed by atoms with Crippen molar-refractivity contribution in [3.63, 3.8) is 0 Å². The van der Waals surface area contributed by atoms with Crippen molar-refractivity contribution >= 4 is 34.4 Å². The van der Waals surface area contributed by atoms with E-state index in [9.17, 15) is 9.18 Å². The molecule has 0 fully saturated rings. The summed E-state index contributed by atoms with van der Waals surface area (Å²) in [6.07, 6.45) is 8.46. The summed E-state index contributed by atoms with van der Waals surface area (Å²) in [6, 6.07) is 1.02. The third-order valence-electron chi connectivity index (χ3n) is 4.67. The summed E-state index contributed by atoms with van der Waals surface area (Å²) in [7, 11) is 1.88. The Morgan fingerprint density at radius 1 is 1.35 bits per heavy atom. The SMILES string of the molecule is C[C@H](Nc1nc(-c2c[nH]c3ncc(Cl)cc23)ncc1F)C(=O)NCCc1cn(C)cn1.[HH].[HH].[HH]. The zero-order valence-electron chi connectivity index (χ0n) is 16.9. The van der Waals surface area contributed by atoms with Crippen LogP contribution in [0.3, 0.4) is 0 Å². The quantitative estimate of drug-likeness (QED) is 0.399. The highest BCUT2D eigenvalue weighted by atomic mass is 35.5. The van der Waals surface area contributed by atoms with Crippen LogP contribution in [0.4, 0.5) is 10.2 Å². The molecule has 9 nitrogen and oxygen atoms in total. The lowest BCUT2D eigenvalue weighted by molar-refractivity contribution is -0.121. The second-order valence-electron chi connectivity index (χ2n) is 7.08. The standard InChI is InChI=1S/C20H20ClFN8O.3H2/c1-11(20(31)23-4-3-13-9-30(2)10-27-13)28-19-16(22)8-26-18(29-19)15-7-25-17-14(15)5-12(21)6-24-17;;;/h5-11H,3-4H2,1-2H3,(H,23,31)(H,24,25)(H,26,28,29);3*1H/t11-;;;/m0.../s1. The number of imidazole rings is 1. The molecular weight excluding hydrogens is 423 g/mol. The zero-order chi connectivity index (χ0) is 22.0. The Morgan fingerprint density at radius 2 is 2.19 bits per heavy atom. The number of anilines is 1. The molecule has 0 saturated heterocycles. The van der Waals surface area contributed by atoms with Crippen molar-refractivity contribution < 1.29 is 13.5 Å². The van der Waals surface area contributed by atoms with E-state index in [1.807, 2.05) is 17.8 Å². The zero-order valence-corrected chi connectivity index (χ0v) is 17.6. The third-order valence-corrected chi connectivity index (χ3v) is 4.87. The van der Waals surface area contributed by atoms with Gasteiger partial charge in [-0.3, -0.25) is 4.79 Å². The normalized spacial score (nSPS) is 12.1. The number of hydrogen-bond donors (Lipinski definition) is 3. The molecule has 0 aliphatic heterocycles. The smallest absolute Gasteiger partial charge is 0.242 e. The molecule has 166 valence electrons. The summed E-state index contributed by atoms with van der Waals surface area (Å²) in [5.41, 5.74) is 2.12. The first kappa shape index (κ1) is 20.7.